The van der Waals surface area contributed by atoms with Crippen molar-refractivity contribution < 1.29 is 14.7 Å². The average Bonchev–Trinajstić information content (AvgIpc) is 2.44. The third kappa shape index (κ3) is 2.86. The molecule has 6 nitrogen and oxygen atoms in total. The third-order valence-electron chi connectivity index (χ3n) is 2.51. The number of rotatable bonds is 3. The van der Waals surface area contributed by atoms with Crippen LogP contribution >= 0.6 is 11.6 Å². The first-order valence-electron chi connectivity index (χ1n) is 5.53. The van der Waals surface area contributed by atoms with Crippen LogP contribution in [0.2, 0.25) is 5.02 Å². The number of hydrogen-bond acceptors (Lipinski definition) is 4. The molecular formula is C13H10ClN3O3. The van der Waals surface area contributed by atoms with E-state index in [1.165, 1.54) is 30.5 Å². The molecule has 1 heterocycles. The predicted molar refractivity (Wildman–Crippen MR) is 73.8 cm³/mol. The van der Waals surface area contributed by atoms with Gasteiger partial charge in [0.25, 0.3) is 11.8 Å². The van der Waals surface area contributed by atoms with E-state index >= 15 is 0 Å². The number of aromatic hydroxyl groups is 1. The van der Waals surface area contributed by atoms with Crippen LogP contribution in [0.1, 0.15) is 20.8 Å². The Morgan fingerprint density at radius 2 is 2.00 bits per heavy atom. The fourth-order valence-electron chi connectivity index (χ4n) is 1.48. The van der Waals surface area contributed by atoms with Crippen molar-refractivity contribution in [2.24, 2.45) is 5.73 Å². The molecule has 0 unspecified atom stereocenters. The summed E-state index contributed by atoms with van der Waals surface area (Å²) in [5.41, 5.74) is 5.51. The quantitative estimate of drug-likeness (QED) is 0.750. The molecule has 0 spiro atoms. The lowest BCUT2D eigenvalue weighted by atomic mass is 10.2. The lowest BCUT2D eigenvalue weighted by molar-refractivity contribution is 0.0990. The van der Waals surface area contributed by atoms with Crippen molar-refractivity contribution in [3.05, 3.63) is 52.8 Å². The molecule has 2 rings (SSSR count). The molecule has 0 radical (unpaired) electrons. The summed E-state index contributed by atoms with van der Waals surface area (Å²) >= 11 is 5.73. The van der Waals surface area contributed by atoms with E-state index in [-0.39, 0.29) is 27.7 Å². The Morgan fingerprint density at radius 1 is 1.25 bits per heavy atom. The highest BCUT2D eigenvalue weighted by molar-refractivity contribution is 6.32. The number of nitrogens with two attached hydrogens (primary N) is 1. The lowest BCUT2D eigenvalue weighted by Crippen LogP contribution is -2.15. The number of benzene rings is 1. The topological polar surface area (TPSA) is 105 Å². The number of phenols is 1. The van der Waals surface area contributed by atoms with Gasteiger partial charge in [0.05, 0.1) is 16.3 Å². The average molecular weight is 292 g/mol. The molecule has 0 bridgehead atoms. The number of primary amides is 1. The van der Waals surface area contributed by atoms with E-state index in [0.717, 1.165) is 0 Å². The molecule has 7 heteroatoms. The zero-order valence-electron chi connectivity index (χ0n) is 10.1. The first-order valence-corrected chi connectivity index (χ1v) is 5.91. The Bertz CT molecular complexity index is 671. The Labute approximate surface area is 119 Å². The maximum atomic E-state index is 11.9. The number of carbonyl (C=O) groups is 2. The standard InChI is InChI=1S/C13H10ClN3O3/c14-8-2-1-3-9(11(8)18)17-13(20)7-4-5-10(12(15)19)16-6-7/h1-6,18H,(H2,15,19)(H,17,20). The van der Waals surface area contributed by atoms with Crippen LogP contribution < -0.4 is 11.1 Å². The summed E-state index contributed by atoms with van der Waals surface area (Å²) in [6, 6.07) is 7.34. The highest BCUT2D eigenvalue weighted by Gasteiger charge is 2.12. The van der Waals surface area contributed by atoms with Crippen molar-refractivity contribution in [3.8, 4) is 5.75 Å². The number of amides is 2. The Hall–Kier alpha value is -2.60. The highest BCUT2D eigenvalue weighted by atomic mass is 35.5. The van der Waals surface area contributed by atoms with Crippen molar-refractivity contribution in [1.82, 2.24) is 4.98 Å². The number of hydrogen-bond donors (Lipinski definition) is 3. The summed E-state index contributed by atoms with van der Waals surface area (Å²) in [6.45, 7) is 0. The van der Waals surface area contributed by atoms with E-state index in [1.807, 2.05) is 0 Å². The molecular weight excluding hydrogens is 282 g/mol. The molecule has 1 aromatic heterocycles. The minimum atomic E-state index is -0.676. The van der Waals surface area contributed by atoms with E-state index in [1.54, 1.807) is 6.07 Å². The molecule has 0 fully saturated rings. The van der Waals surface area contributed by atoms with Gasteiger partial charge < -0.3 is 16.2 Å². The second-order valence-corrected chi connectivity index (χ2v) is 4.29. The molecule has 4 N–H and O–H groups in total. The van der Waals surface area contributed by atoms with Crippen molar-refractivity contribution in [2.45, 2.75) is 0 Å². The van der Waals surface area contributed by atoms with Crippen molar-refractivity contribution in [2.75, 3.05) is 5.32 Å². The smallest absolute Gasteiger partial charge is 0.267 e. The maximum absolute atomic E-state index is 11.9. The van der Waals surface area contributed by atoms with Gasteiger partial charge in [0.15, 0.2) is 5.75 Å². The second kappa shape index (κ2) is 5.58. The van der Waals surface area contributed by atoms with E-state index in [0.29, 0.717) is 0 Å². The Balaban J connectivity index is 2.20. The number of para-hydroxylation sites is 1. The largest absolute Gasteiger partial charge is 0.504 e. The summed E-state index contributed by atoms with van der Waals surface area (Å²) in [5, 5.41) is 12.3. The zero-order valence-corrected chi connectivity index (χ0v) is 10.9. The third-order valence-corrected chi connectivity index (χ3v) is 2.82. The minimum Gasteiger partial charge on any atom is -0.504 e. The van der Waals surface area contributed by atoms with Crippen LogP contribution in [0.4, 0.5) is 5.69 Å². The summed E-state index contributed by atoms with van der Waals surface area (Å²) in [4.78, 5) is 26.6. The molecule has 0 saturated carbocycles. The number of carbonyl (C=O) groups excluding carboxylic acids is 2. The first kappa shape index (κ1) is 13.8. The zero-order chi connectivity index (χ0) is 14.7. The van der Waals surface area contributed by atoms with Gasteiger partial charge in [0.2, 0.25) is 0 Å². The molecule has 0 atom stereocenters. The van der Waals surface area contributed by atoms with Crippen LogP contribution in [-0.2, 0) is 0 Å². The van der Waals surface area contributed by atoms with E-state index in [9.17, 15) is 14.7 Å². The molecule has 2 amide bonds. The second-order valence-electron chi connectivity index (χ2n) is 3.89. The molecule has 1 aromatic carbocycles. The summed E-state index contributed by atoms with van der Waals surface area (Å²) in [6.07, 6.45) is 1.22. The van der Waals surface area contributed by atoms with Crippen LogP contribution in [0.15, 0.2) is 36.5 Å². The van der Waals surface area contributed by atoms with E-state index in [4.69, 9.17) is 17.3 Å². The van der Waals surface area contributed by atoms with E-state index < -0.39 is 11.8 Å². The normalized spacial score (nSPS) is 10.1. The van der Waals surface area contributed by atoms with Gasteiger partial charge in [0.1, 0.15) is 5.69 Å². The molecule has 0 aliphatic rings. The van der Waals surface area contributed by atoms with Gasteiger partial charge in [-0.25, -0.2) is 0 Å². The number of anilines is 1. The fourth-order valence-corrected chi connectivity index (χ4v) is 1.66. The summed E-state index contributed by atoms with van der Waals surface area (Å²) in [5.74, 6) is -1.39. The number of nitrogens with one attached hydrogen (secondary N) is 1. The fraction of sp³-hybridized carbons (Fsp3) is 0. The number of halogens is 1. The van der Waals surface area contributed by atoms with Gasteiger partial charge >= 0.3 is 0 Å². The van der Waals surface area contributed by atoms with Crippen LogP contribution in [0.3, 0.4) is 0 Å². The van der Waals surface area contributed by atoms with Gasteiger partial charge in [0, 0.05) is 6.20 Å². The van der Waals surface area contributed by atoms with Gasteiger partial charge in [-0.15, -0.1) is 0 Å². The van der Waals surface area contributed by atoms with Crippen molar-refractivity contribution in [3.63, 3.8) is 0 Å². The first-order chi connectivity index (χ1) is 9.49. The van der Waals surface area contributed by atoms with Crippen LogP contribution in [0.5, 0.6) is 5.75 Å². The summed E-state index contributed by atoms with van der Waals surface area (Å²) in [7, 11) is 0. The van der Waals surface area contributed by atoms with Gasteiger partial charge in [-0.2, -0.15) is 0 Å². The highest BCUT2D eigenvalue weighted by Crippen LogP contribution is 2.31. The van der Waals surface area contributed by atoms with Crippen LogP contribution in [-0.4, -0.2) is 21.9 Å². The molecule has 102 valence electrons. The minimum absolute atomic E-state index is 0.0622. The molecule has 20 heavy (non-hydrogen) atoms. The Kier molecular flexibility index (Phi) is 3.86. The van der Waals surface area contributed by atoms with Crippen molar-refractivity contribution >= 4 is 29.1 Å². The maximum Gasteiger partial charge on any atom is 0.267 e. The molecule has 2 aromatic rings. The monoisotopic (exact) mass is 291 g/mol. The summed E-state index contributed by atoms with van der Waals surface area (Å²) < 4.78 is 0. The lowest BCUT2D eigenvalue weighted by Gasteiger charge is -2.08. The molecule has 0 aliphatic carbocycles. The van der Waals surface area contributed by atoms with E-state index in [2.05, 4.69) is 10.3 Å². The van der Waals surface area contributed by atoms with Gasteiger partial charge in [-0.1, -0.05) is 17.7 Å². The number of nitrogens with zero attached hydrogens (tertiary/aromatic N) is 1. The van der Waals surface area contributed by atoms with Crippen LogP contribution in [0, 0.1) is 0 Å². The van der Waals surface area contributed by atoms with Gasteiger partial charge in [-0.05, 0) is 24.3 Å². The number of phenolic OH excluding ortho intramolecular Hbond substituents is 1. The van der Waals surface area contributed by atoms with Crippen LogP contribution in [0.25, 0.3) is 0 Å². The number of aromatic nitrogens is 1. The molecule has 0 saturated heterocycles. The Morgan fingerprint density at radius 3 is 2.60 bits per heavy atom. The SMILES string of the molecule is NC(=O)c1ccc(C(=O)Nc2cccc(Cl)c2O)cn1. The molecule has 0 aliphatic heterocycles. The predicted octanol–water partition coefficient (Wildman–Crippen LogP) is 1.79. The number of pyridine rings is 1. The van der Waals surface area contributed by atoms with Crippen molar-refractivity contribution in [1.29, 1.82) is 0 Å². The van der Waals surface area contributed by atoms with Gasteiger partial charge in [-0.3, -0.25) is 14.6 Å².